The Morgan fingerprint density at radius 3 is 2.59 bits per heavy atom. The lowest BCUT2D eigenvalue weighted by Crippen LogP contribution is -2.43. The molecule has 2 aromatic rings. The van der Waals surface area contributed by atoms with Crippen molar-refractivity contribution in [2.45, 2.75) is 44.4 Å². The Morgan fingerprint density at radius 2 is 1.97 bits per heavy atom. The van der Waals surface area contributed by atoms with Gasteiger partial charge in [0.15, 0.2) is 10.9 Å². The normalized spacial score (nSPS) is 21.4. The molecule has 32 heavy (non-hydrogen) atoms. The Kier molecular flexibility index (Phi) is 8.67. The highest BCUT2D eigenvalue weighted by Crippen LogP contribution is 2.41. The van der Waals surface area contributed by atoms with Crippen LogP contribution in [0.2, 0.25) is 0 Å². The number of likely N-dealkylation sites (tertiary alicyclic amines) is 1. The van der Waals surface area contributed by atoms with Crippen LogP contribution in [0.1, 0.15) is 50.4 Å². The minimum absolute atomic E-state index is 0. The first-order valence-corrected chi connectivity index (χ1v) is 12.5. The fourth-order valence-corrected chi connectivity index (χ4v) is 5.52. The fraction of sp³-hybridized carbons (Fsp3) is 0.458. The minimum atomic E-state index is -0.584. The topological polar surface area (TPSA) is 50.3 Å². The Labute approximate surface area is 203 Å². The molecule has 2 unspecified atom stereocenters. The van der Waals surface area contributed by atoms with Gasteiger partial charge in [-0.05, 0) is 54.6 Å². The predicted molar refractivity (Wildman–Crippen MR) is 132 cm³/mol. The number of carbonyl (C=O) groups is 2. The number of hydrogen-bond donors (Lipinski definition) is 0. The maximum atomic E-state index is 14.7. The molecule has 2 aliphatic rings. The monoisotopic (exact) mass is 494 g/mol. The van der Waals surface area contributed by atoms with Gasteiger partial charge in [0.05, 0.1) is 11.7 Å². The molecule has 0 amide bonds. The molecular formula is C24H28ClFN2O2S2. The van der Waals surface area contributed by atoms with Crippen molar-refractivity contribution in [3.8, 4) is 0 Å². The van der Waals surface area contributed by atoms with Crippen LogP contribution < -0.4 is 0 Å². The number of rotatable bonds is 7. The second-order valence-corrected chi connectivity index (χ2v) is 10.5. The summed E-state index contributed by atoms with van der Waals surface area (Å²) in [4.78, 5) is 27.8. The molecule has 4 nitrogen and oxygen atoms in total. The van der Waals surface area contributed by atoms with Gasteiger partial charge in [-0.1, -0.05) is 43.8 Å². The highest BCUT2D eigenvalue weighted by Gasteiger charge is 2.41. The molecule has 0 N–H and O–H groups in total. The van der Waals surface area contributed by atoms with Gasteiger partial charge < -0.3 is 0 Å². The number of aromatic nitrogens is 1. The van der Waals surface area contributed by atoms with E-state index in [1.165, 1.54) is 29.4 Å². The van der Waals surface area contributed by atoms with E-state index in [1.807, 2.05) is 31.4 Å². The van der Waals surface area contributed by atoms with Gasteiger partial charge in [-0.15, -0.1) is 12.4 Å². The van der Waals surface area contributed by atoms with E-state index in [4.69, 9.17) is 0 Å². The van der Waals surface area contributed by atoms with E-state index in [9.17, 15) is 14.0 Å². The molecule has 172 valence electrons. The Morgan fingerprint density at radius 1 is 1.22 bits per heavy atom. The van der Waals surface area contributed by atoms with Crippen molar-refractivity contribution < 1.29 is 14.0 Å². The molecule has 4 rings (SSSR count). The summed E-state index contributed by atoms with van der Waals surface area (Å²) < 4.78 is 19.1. The van der Waals surface area contributed by atoms with Crippen LogP contribution in [0, 0.1) is 17.7 Å². The fourth-order valence-electron chi connectivity index (χ4n) is 3.96. The molecule has 1 saturated carbocycles. The summed E-state index contributed by atoms with van der Waals surface area (Å²) in [6.07, 6.45) is 4.55. The lowest BCUT2D eigenvalue weighted by molar-refractivity contribution is -0.126. The number of nitrogens with zero attached hydrogens (tertiary/aromatic N) is 2. The maximum absolute atomic E-state index is 14.7. The minimum Gasteiger partial charge on any atom is -0.297 e. The van der Waals surface area contributed by atoms with Crippen LogP contribution in [0.4, 0.5) is 4.39 Å². The second kappa shape index (κ2) is 11.1. The van der Waals surface area contributed by atoms with Gasteiger partial charge in [-0.3, -0.25) is 14.5 Å². The molecule has 1 aromatic carbocycles. The zero-order chi connectivity index (χ0) is 22.0. The summed E-state index contributed by atoms with van der Waals surface area (Å²) in [7, 11) is 0. The molecule has 8 heteroatoms. The van der Waals surface area contributed by atoms with Gasteiger partial charge in [0.1, 0.15) is 5.82 Å². The van der Waals surface area contributed by atoms with Crippen molar-refractivity contribution in [1.29, 1.82) is 0 Å². The van der Waals surface area contributed by atoms with E-state index < -0.39 is 6.04 Å². The van der Waals surface area contributed by atoms with Gasteiger partial charge in [-0.2, -0.15) is 4.37 Å². The molecule has 0 bridgehead atoms. The number of piperidine rings is 1. The SMILES string of the molecule is CC(C)C(=O)SC1CCN(C(C(=O)C2CC2)c2ccccc2F)C/C1=C\c1ccsn1.Cl. The first-order chi connectivity index (χ1) is 14.9. The number of benzene rings is 1. The Balaban J connectivity index is 0.00000289. The molecule has 2 atom stereocenters. The van der Waals surface area contributed by atoms with Crippen LogP contribution >= 0.6 is 35.7 Å². The average Bonchev–Trinajstić information content (AvgIpc) is 3.48. The summed E-state index contributed by atoms with van der Waals surface area (Å²) in [5.41, 5.74) is 2.39. The third-order valence-electron chi connectivity index (χ3n) is 5.81. The first kappa shape index (κ1) is 25.1. The van der Waals surface area contributed by atoms with Gasteiger partial charge >= 0.3 is 0 Å². The van der Waals surface area contributed by atoms with Gasteiger partial charge in [0.2, 0.25) is 0 Å². The summed E-state index contributed by atoms with van der Waals surface area (Å²) >= 11 is 2.77. The first-order valence-electron chi connectivity index (χ1n) is 10.8. The van der Waals surface area contributed by atoms with E-state index in [2.05, 4.69) is 9.27 Å². The molecule has 1 aliphatic heterocycles. The average molecular weight is 495 g/mol. The summed E-state index contributed by atoms with van der Waals surface area (Å²) in [5, 5.41) is 2.14. The van der Waals surface area contributed by atoms with E-state index in [-0.39, 0.29) is 46.2 Å². The molecule has 0 spiro atoms. The van der Waals surface area contributed by atoms with Crippen molar-refractivity contribution in [1.82, 2.24) is 9.27 Å². The summed E-state index contributed by atoms with van der Waals surface area (Å²) in [6.45, 7) is 5.00. The van der Waals surface area contributed by atoms with E-state index in [0.717, 1.165) is 30.5 Å². The van der Waals surface area contributed by atoms with E-state index >= 15 is 0 Å². The molecule has 1 aromatic heterocycles. The van der Waals surface area contributed by atoms with Crippen molar-refractivity contribution in [3.05, 3.63) is 58.4 Å². The maximum Gasteiger partial charge on any atom is 0.192 e. The third-order valence-corrected chi connectivity index (χ3v) is 7.91. The van der Waals surface area contributed by atoms with E-state index in [1.54, 1.807) is 18.2 Å². The highest BCUT2D eigenvalue weighted by molar-refractivity contribution is 8.14. The summed E-state index contributed by atoms with van der Waals surface area (Å²) in [5.74, 6) is -0.225. The zero-order valence-electron chi connectivity index (χ0n) is 18.2. The Hall–Kier alpha value is -1.54. The van der Waals surface area contributed by atoms with Crippen LogP contribution in [0.15, 0.2) is 41.3 Å². The molecule has 1 saturated heterocycles. The van der Waals surface area contributed by atoms with E-state index in [0.29, 0.717) is 18.7 Å². The molecule has 2 fully saturated rings. The predicted octanol–water partition coefficient (Wildman–Crippen LogP) is 5.80. The van der Waals surface area contributed by atoms with Crippen molar-refractivity contribution in [2.24, 2.45) is 11.8 Å². The quantitative estimate of drug-likeness (QED) is 0.487. The zero-order valence-corrected chi connectivity index (χ0v) is 20.6. The highest BCUT2D eigenvalue weighted by atomic mass is 35.5. The summed E-state index contributed by atoms with van der Waals surface area (Å²) in [6, 6.07) is 7.98. The largest absolute Gasteiger partial charge is 0.297 e. The molecule has 1 aliphatic carbocycles. The van der Waals surface area contributed by atoms with Crippen LogP contribution in [-0.2, 0) is 9.59 Å². The van der Waals surface area contributed by atoms with Crippen LogP contribution in [0.3, 0.4) is 0 Å². The standard InChI is InChI=1S/C24H27FN2O2S2.ClH/c1-15(2)24(29)31-21-9-11-27(14-17(21)13-18-10-12-30-26-18)22(23(28)16-7-8-16)19-5-3-4-6-20(19)25;/h3-6,10,12-13,15-16,21-22H,7-9,11,14H2,1-2H3;1H/b17-13+;. The van der Waals surface area contributed by atoms with Gasteiger partial charge in [-0.25, -0.2) is 4.39 Å². The van der Waals surface area contributed by atoms with Gasteiger partial charge in [0.25, 0.3) is 0 Å². The van der Waals surface area contributed by atoms with Crippen LogP contribution in [-0.4, -0.2) is 38.5 Å². The number of ketones is 1. The van der Waals surface area contributed by atoms with Crippen LogP contribution in [0.5, 0.6) is 0 Å². The third kappa shape index (κ3) is 5.87. The van der Waals surface area contributed by atoms with Crippen molar-refractivity contribution in [2.75, 3.05) is 13.1 Å². The van der Waals surface area contributed by atoms with Crippen molar-refractivity contribution in [3.63, 3.8) is 0 Å². The lowest BCUT2D eigenvalue weighted by atomic mass is 9.93. The molecular weight excluding hydrogens is 467 g/mol. The number of carbonyl (C=O) groups excluding carboxylic acids is 2. The van der Waals surface area contributed by atoms with Gasteiger partial charge in [0, 0.05) is 41.1 Å². The van der Waals surface area contributed by atoms with Crippen molar-refractivity contribution >= 4 is 52.7 Å². The lowest BCUT2D eigenvalue weighted by Gasteiger charge is -2.38. The second-order valence-electron chi connectivity index (χ2n) is 8.58. The Bertz CT molecular complexity index is 976. The number of Topliss-reactive ketones (excluding diaryl/α,β-unsaturated/α-hetero) is 1. The smallest absolute Gasteiger partial charge is 0.192 e. The number of hydrogen-bond acceptors (Lipinski definition) is 6. The molecule has 2 heterocycles. The number of halogens is 2. The number of thioether (sulfide) groups is 1. The molecule has 0 radical (unpaired) electrons. The van der Waals surface area contributed by atoms with Crippen LogP contribution in [0.25, 0.3) is 6.08 Å².